The van der Waals surface area contributed by atoms with Gasteiger partial charge in [0.25, 0.3) is 0 Å². The number of nitrogens with zero attached hydrogens (tertiary/aromatic N) is 1. The third-order valence-corrected chi connectivity index (χ3v) is 5.08. The Labute approximate surface area is 165 Å². The summed E-state index contributed by atoms with van der Waals surface area (Å²) in [5.74, 6) is 0.1000. The van der Waals surface area contributed by atoms with E-state index < -0.39 is 0 Å². The van der Waals surface area contributed by atoms with E-state index in [2.05, 4.69) is 15.5 Å². The van der Waals surface area contributed by atoms with Crippen LogP contribution in [0.25, 0.3) is 11.1 Å². The van der Waals surface area contributed by atoms with E-state index in [1.165, 1.54) is 12.1 Å². The Morgan fingerprint density at radius 2 is 1.96 bits per heavy atom. The van der Waals surface area contributed by atoms with Crippen LogP contribution < -0.4 is 10.6 Å². The second-order valence-electron chi connectivity index (χ2n) is 7.32. The Hall–Kier alpha value is -2.44. The van der Waals surface area contributed by atoms with Crippen LogP contribution in [-0.2, 0) is 0 Å². The molecule has 0 unspecified atom stereocenters. The van der Waals surface area contributed by atoms with Crippen molar-refractivity contribution in [2.24, 2.45) is 5.92 Å². The number of hydrogen-bond donors (Lipinski definition) is 3. The zero-order valence-corrected chi connectivity index (χ0v) is 16.0. The van der Waals surface area contributed by atoms with Gasteiger partial charge in [-0.15, -0.1) is 0 Å². The monoisotopic (exact) mass is 385 g/mol. The molecule has 5 nitrogen and oxygen atoms in total. The molecule has 6 heteroatoms. The molecule has 1 atom stereocenters. The first-order valence-electron chi connectivity index (χ1n) is 9.88. The Morgan fingerprint density at radius 3 is 2.75 bits per heavy atom. The number of aliphatic hydroxyl groups excluding tert-OH is 1. The van der Waals surface area contributed by atoms with Crippen molar-refractivity contribution < 1.29 is 14.3 Å². The lowest BCUT2D eigenvalue weighted by molar-refractivity contribution is 0.120. The van der Waals surface area contributed by atoms with Gasteiger partial charge in [-0.1, -0.05) is 24.3 Å². The second-order valence-corrected chi connectivity index (χ2v) is 7.32. The van der Waals surface area contributed by atoms with Gasteiger partial charge in [0.05, 0.1) is 0 Å². The summed E-state index contributed by atoms with van der Waals surface area (Å²) in [6, 6.07) is 13.5. The van der Waals surface area contributed by atoms with Crippen molar-refractivity contribution in [1.29, 1.82) is 0 Å². The predicted molar refractivity (Wildman–Crippen MR) is 110 cm³/mol. The smallest absolute Gasteiger partial charge is 0.319 e. The van der Waals surface area contributed by atoms with E-state index in [1.54, 1.807) is 6.07 Å². The molecule has 1 heterocycles. The van der Waals surface area contributed by atoms with Crippen molar-refractivity contribution in [2.75, 3.05) is 38.1 Å². The molecule has 0 saturated carbocycles. The van der Waals surface area contributed by atoms with E-state index in [1.807, 2.05) is 30.3 Å². The van der Waals surface area contributed by atoms with E-state index in [0.29, 0.717) is 18.2 Å². The maximum atomic E-state index is 13.4. The summed E-state index contributed by atoms with van der Waals surface area (Å²) in [5, 5.41) is 15.0. The average molecular weight is 385 g/mol. The first kappa shape index (κ1) is 20.3. The molecule has 2 aromatic rings. The van der Waals surface area contributed by atoms with Gasteiger partial charge in [0.1, 0.15) is 5.82 Å². The SMILES string of the molecule is O=C(NCCCN1CCC[C@H](CO)C1)Nc1cccc(-c2cccc(F)c2)c1. The van der Waals surface area contributed by atoms with Gasteiger partial charge < -0.3 is 20.6 Å². The fourth-order valence-electron chi connectivity index (χ4n) is 3.63. The molecule has 3 rings (SSSR count). The number of likely N-dealkylation sites (tertiary alicyclic amines) is 1. The van der Waals surface area contributed by atoms with Crippen LogP contribution in [0.15, 0.2) is 48.5 Å². The highest BCUT2D eigenvalue weighted by Crippen LogP contribution is 2.23. The highest BCUT2D eigenvalue weighted by atomic mass is 19.1. The van der Waals surface area contributed by atoms with E-state index in [9.17, 15) is 14.3 Å². The molecule has 1 fully saturated rings. The Balaban J connectivity index is 1.43. The number of nitrogens with one attached hydrogen (secondary N) is 2. The highest BCUT2D eigenvalue weighted by Gasteiger charge is 2.18. The number of hydrogen-bond acceptors (Lipinski definition) is 3. The maximum Gasteiger partial charge on any atom is 0.319 e. The topological polar surface area (TPSA) is 64.6 Å². The molecule has 0 spiro atoms. The molecule has 0 radical (unpaired) electrons. The Kier molecular flexibility index (Phi) is 7.39. The van der Waals surface area contributed by atoms with Gasteiger partial charge in [0, 0.05) is 25.4 Å². The van der Waals surface area contributed by atoms with Crippen LogP contribution in [0.2, 0.25) is 0 Å². The van der Waals surface area contributed by atoms with Gasteiger partial charge in [-0.3, -0.25) is 0 Å². The van der Waals surface area contributed by atoms with Crippen LogP contribution in [0, 0.1) is 11.7 Å². The minimum atomic E-state index is -0.285. The normalized spacial score (nSPS) is 17.3. The summed E-state index contributed by atoms with van der Waals surface area (Å²) in [6.07, 6.45) is 3.10. The molecule has 2 aromatic carbocycles. The number of amides is 2. The number of halogens is 1. The van der Waals surface area contributed by atoms with Crippen molar-refractivity contribution in [3.05, 3.63) is 54.3 Å². The highest BCUT2D eigenvalue weighted by molar-refractivity contribution is 5.90. The standard InChI is InChI=1S/C22H28FN3O2/c23-20-8-1-6-18(13-20)19-7-2-9-21(14-19)25-22(28)24-10-4-12-26-11-3-5-17(15-26)16-27/h1-2,6-9,13-14,17,27H,3-5,10-12,15-16H2,(H2,24,25,28)/t17-/m0/s1. The first-order chi connectivity index (χ1) is 13.6. The van der Waals surface area contributed by atoms with Crippen molar-refractivity contribution in [3.8, 4) is 11.1 Å². The molecular formula is C22H28FN3O2. The third-order valence-electron chi connectivity index (χ3n) is 5.08. The van der Waals surface area contributed by atoms with Gasteiger partial charge in [0.15, 0.2) is 0 Å². The summed E-state index contributed by atoms with van der Waals surface area (Å²) in [7, 11) is 0. The number of rotatable bonds is 7. The van der Waals surface area contributed by atoms with Gasteiger partial charge in [-0.2, -0.15) is 0 Å². The third kappa shape index (κ3) is 6.04. The lowest BCUT2D eigenvalue weighted by Crippen LogP contribution is -2.38. The summed E-state index contributed by atoms with van der Waals surface area (Å²) in [5.41, 5.74) is 2.29. The van der Waals surface area contributed by atoms with Gasteiger partial charge in [-0.05, 0) is 73.7 Å². The number of carbonyl (C=O) groups excluding carboxylic acids is 1. The summed E-state index contributed by atoms with van der Waals surface area (Å²) in [6.45, 7) is 3.78. The molecule has 1 aliphatic rings. The van der Waals surface area contributed by atoms with E-state index in [4.69, 9.17) is 0 Å². The van der Waals surface area contributed by atoms with Gasteiger partial charge in [-0.25, -0.2) is 9.18 Å². The lowest BCUT2D eigenvalue weighted by Gasteiger charge is -2.31. The first-order valence-corrected chi connectivity index (χ1v) is 9.88. The minimum absolute atomic E-state index is 0.247. The van der Waals surface area contributed by atoms with Gasteiger partial charge >= 0.3 is 6.03 Å². The fourth-order valence-corrected chi connectivity index (χ4v) is 3.63. The number of carbonyl (C=O) groups is 1. The minimum Gasteiger partial charge on any atom is -0.396 e. The molecule has 0 bridgehead atoms. The van der Waals surface area contributed by atoms with Crippen molar-refractivity contribution in [2.45, 2.75) is 19.3 Å². The largest absolute Gasteiger partial charge is 0.396 e. The second kappa shape index (κ2) is 10.2. The van der Waals surface area contributed by atoms with Crippen molar-refractivity contribution in [1.82, 2.24) is 10.2 Å². The molecule has 0 aliphatic carbocycles. The van der Waals surface area contributed by atoms with E-state index >= 15 is 0 Å². The summed E-state index contributed by atoms with van der Waals surface area (Å²) in [4.78, 5) is 14.5. The van der Waals surface area contributed by atoms with Crippen LogP contribution in [0.1, 0.15) is 19.3 Å². The van der Waals surface area contributed by atoms with Crippen molar-refractivity contribution in [3.63, 3.8) is 0 Å². The van der Waals surface area contributed by atoms with Gasteiger partial charge in [0.2, 0.25) is 0 Å². The van der Waals surface area contributed by atoms with Crippen LogP contribution in [-0.4, -0.2) is 48.8 Å². The fraction of sp³-hybridized carbons (Fsp3) is 0.409. The molecule has 1 aliphatic heterocycles. The predicted octanol–water partition coefficient (Wildman–Crippen LogP) is 3.71. The number of piperidine rings is 1. The number of benzene rings is 2. The average Bonchev–Trinajstić information content (AvgIpc) is 2.71. The zero-order valence-electron chi connectivity index (χ0n) is 16.0. The molecule has 28 heavy (non-hydrogen) atoms. The molecule has 2 amide bonds. The summed E-state index contributed by atoms with van der Waals surface area (Å²) >= 11 is 0. The zero-order chi connectivity index (χ0) is 19.8. The van der Waals surface area contributed by atoms with Crippen LogP contribution in [0.3, 0.4) is 0 Å². The van der Waals surface area contributed by atoms with Crippen LogP contribution in [0.4, 0.5) is 14.9 Å². The molecular weight excluding hydrogens is 357 g/mol. The molecule has 3 N–H and O–H groups in total. The number of urea groups is 1. The number of anilines is 1. The summed E-state index contributed by atoms with van der Waals surface area (Å²) < 4.78 is 13.4. The number of aliphatic hydroxyl groups is 1. The van der Waals surface area contributed by atoms with E-state index in [0.717, 1.165) is 50.0 Å². The van der Waals surface area contributed by atoms with Crippen LogP contribution >= 0.6 is 0 Å². The van der Waals surface area contributed by atoms with Crippen molar-refractivity contribution >= 4 is 11.7 Å². The molecule has 150 valence electrons. The Bertz CT molecular complexity index is 784. The Morgan fingerprint density at radius 1 is 1.18 bits per heavy atom. The molecule has 0 aromatic heterocycles. The maximum absolute atomic E-state index is 13.4. The molecule has 1 saturated heterocycles. The van der Waals surface area contributed by atoms with Crippen LogP contribution in [0.5, 0.6) is 0 Å². The lowest BCUT2D eigenvalue weighted by atomic mass is 9.99. The van der Waals surface area contributed by atoms with E-state index in [-0.39, 0.29) is 18.5 Å². The quantitative estimate of drug-likeness (QED) is 0.637.